The summed E-state index contributed by atoms with van der Waals surface area (Å²) in [6.07, 6.45) is 0. The molecule has 1 atom stereocenters. The van der Waals surface area contributed by atoms with Gasteiger partial charge in [-0.1, -0.05) is 17.7 Å². The van der Waals surface area contributed by atoms with Crippen LogP contribution in [0.25, 0.3) is 0 Å². The summed E-state index contributed by atoms with van der Waals surface area (Å²) >= 11 is 0. The molecule has 1 N–H and O–H groups in total. The molecule has 1 unspecified atom stereocenters. The van der Waals surface area contributed by atoms with Crippen LogP contribution in [0, 0.1) is 6.92 Å². The SMILES string of the molecule is COP(O)c1ccc(C)cc1. The second-order valence-corrected chi connectivity index (χ2v) is 3.72. The predicted octanol–water partition coefficient (Wildman–Crippen LogP) is 1.57. The maximum Gasteiger partial charge on any atom is 0.202 e. The normalized spacial score (nSPS) is 13.0. The van der Waals surface area contributed by atoms with E-state index < -0.39 is 8.38 Å². The first kappa shape index (κ1) is 8.66. The van der Waals surface area contributed by atoms with Crippen molar-refractivity contribution in [2.45, 2.75) is 6.92 Å². The molecule has 0 radical (unpaired) electrons. The van der Waals surface area contributed by atoms with E-state index in [1.165, 1.54) is 12.7 Å². The van der Waals surface area contributed by atoms with Gasteiger partial charge in [-0.2, -0.15) is 0 Å². The van der Waals surface area contributed by atoms with Crippen LogP contribution >= 0.6 is 8.38 Å². The van der Waals surface area contributed by atoms with E-state index >= 15 is 0 Å². The molecule has 11 heavy (non-hydrogen) atoms. The van der Waals surface area contributed by atoms with Gasteiger partial charge in [-0.3, -0.25) is 0 Å². The van der Waals surface area contributed by atoms with E-state index in [2.05, 4.69) is 0 Å². The molecule has 1 aromatic carbocycles. The van der Waals surface area contributed by atoms with Gasteiger partial charge < -0.3 is 9.42 Å². The van der Waals surface area contributed by atoms with Crippen LogP contribution < -0.4 is 5.30 Å². The van der Waals surface area contributed by atoms with Gasteiger partial charge in [-0.15, -0.1) is 0 Å². The Bertz CT molecular complexity index is 220. The number of benzene rings is 1. The zero-order valence-corrected chi connectivity index (χ0v) is 7.51. The Morgan fingerprint density at radius 3 is 2.27 bits per heavy atom. The molecule has 0 aliphatic heterocycles. The van der Waals surface area contributed by atoms with Gasteiger partial charge in [0.2, 0.25) is 8.38 Å². The standard InChI is InChI=1S/C8H11O2P/c1-7-3-5-8(6-4-7)11(9)10-2/h3-6,9H,1-2H3. The molecular weight excluding hydrogens is 159 g/mol. The summed E-state index contributed by atoms with van der Waals surface area (Å²) in [5.41, 5.74) is 1.19. The fraction of sp³-hybridized carbons (Fsp3) is 0.250. The van der Waals surface area contributed by atoms with Gasteiger partial charge in [0.1, 0.15) is 0 Å². The third kappa shape index (κ3) is 2.26. The molecule has 2 nitrogen and oxygen atoms in total. The fourth-order valence-electron chi connectivity index (χ4n) is 0.778. The van der Waals surface area contributed by atoms with Crippen molar-refractivity contribution in [1.29, 1.82) is 0 Å². The van der Waals surface area contributed by atoms with Crippen molar-refractivity contribution >= 4 is 13.7 Å². The molecule has 0 aromatic heterocycles. The predicted molar refractivity (Wildman–Crippen MR) is 47.0 cm³/mol. The molecule has 1 aromatic rings. The van der Waals surface area contributed by atoms with E-state index in [4.69, 9.17) is 4.52 Å². The van der Waals surface area contributed by atoms with E-state index in [0.717, 1.165) is 5.30 Å². The quantitative estimate of drug-likeness (QED) is 0.682. The van der Waals surface area contributed by atoms with Crippen molar-refractivity contribution < 1.29 is 9.42 Å². The first-order valence-electron chi connectivity index (χ1n) is 3.34. The van der Waals surface area contributed by atoms with E-state index in [9.17, 15) is 4.89 Å². The summed E-state index contributed by atoms with van der Waals surface area (Å²) in [5, 5.41) is 0.855. The van der Waals surface area contributed by atoms with E-state index in [0.29, 0.717) is 0 Å². The minimum absolute atomic E-state index is 0.855. The highest BCUT2D eigenvalue weighted by Gasteiger charge is 2.04. The van der Waals surface area contributed by atoms with Crippen LogP contribution in [0.3, 0.4) is 0 Å². The lowest BCUT2D eigenvalue weighted by atomic mass is 10.2. The smallest absolute Gasteiger partial charge is 0.202 e. The Labute approximate surface area is 67.7 Å². The average Bonchev–Trinajstić information content (AvgIpc) is 2.05. The first-order valence-corrected chi connectivity index (χ1v) is 4.55. The van der Waals surface area contributed by atoms with Crippen molar-refractivity contribution in [2.75, 3.05) is 7.11 Å². The van der Waals surface area contributed by atoms with Gasteiger partial charge in [0, 0.05) is 12.4 Å². The third-order valence-corrected chi connectivity index (χ3v) is 2.51. The Kier molecular flexibility index (Phi) is 3.01. The summed E-state index contributed by atoms with van der Waals surface area (Å²) < 4.78 is 4.80. The molecule has 0 saturated carbocycles. The van der Waals surface area contributed by atoms with Gasteiger partial charge in [0.15, 0.2) is 0 Å². The summed E-state index contributed by atoms with van der Waals surface area (Å²) in [6, 6.07) is 7.68. The topological polar surface area (TPSA) is 29.5 Å². The average molecular weight is 170 g/mol. The minimum atomic E-state index is -1.39. The van der Waals surface area contributed by atoms with E-state index in [-0.39, 0.29) is 0 Å². The van der Waals surface area contributed by atoms with Crippen LogP contribution in [-0.2, 0) is 4.52 Å². The molecule has 0 aliphatic carbocycles. The fourth-order valence-corrected chi connectivity index (χ4v) is 1.39. The molecule has 0 spiro atoms. The second kappa shape index (κ2) is 3.82. The number of hydrogen-bond donors (Lipinski definition) is 1. The Balaban J connectivity index is 2.81. The summed E-state index contributed by atoms with van der Waals surface area (Å²) in [7, 11) is 0.120. The molecule has 0 bridgehead atoms. The van der Waals surface area contributed by atoms with Gasteiger partial charge in [0.25, 0.3) is 0 Å². The van der Waals surface area contributed by atoms with Crippen LogP contribution in [-0.4, -0.2) is 12.0 Å². The Hall–Kier alpha value is -0.430. The summed E-state index contributed by atoms with van der Waals surface area (Å²) in [4.78, 5) is 9.26. The maximum atomic E-state index is 9.26. The highest BCUT2D eigenvalue weighted by atomic mass is 31.2. The van der Waals surface area contributed by atoms with Crippen molar-refractivity contribution in [3.8, 4) is 0 Å². The zero-order valence-electron chi connectivity index (χ0n) is 6.61. The van der Waals surface area contributed by atoms with E-state index in [1.54, 1.807) is 0 Å². The van der Waals surface area contributed by atoms with Gasteiger partial charge in [-0.25, -0.2) is 0 Å². The molecule has 1 rings (SSSR count). The highest BCUT2D eigenvalue weighted by Crippen LogP contribution is 2.28. The molecule has 0 amide bonds. The molecule has 60 valence electrons. The molecule has 0 heterocycles. The molecule has 0 fully saturated rings. The third-order valence-electron chi connectivity index (χ3n) is 1.43. The van der Waals surface area contributed by atoms with Gasteiger partial charge in [-0.05, 0) is 19.1 Å². The maximum absolute atomic E-state index is 9.26. The summed E-state index contributed by atoms with van der Waals surface area (Å²) in [6.45, 7) is 2.01. The molecular formula is C8H11O2P. The van der Waals surface area contributed by atoms with Crippen molar-refractivity contribution in [2.24, 2.45) is 0 Å². The van der Waals surface area contributed by atoms with Crippen LogP contribution in [0.4, 0.5) is 0 Å². The second-order valence-electron chi connectivity index (χ2n) is 2.29. The van der Waals surface area contributed by atoms with E-state index in [1.807, 2.05) is 31.2 Å². The minimum Gasteiger partial charge on any atom is -0.346 e. The first-order chi connectivity index (χ1) is 5.24. The molecule has 0 saturated heterocycles. The zero-order chi connectivity index (χ0) is 8.27. The monoisotopic (exact) mass is 170 g/mol. The largest absolute Gasteiger partial charge is 0.346 e. The Morgan fingerprint density at radius 1 is 1.27 bits per heavy atom. The van der Waals surface area contributed by atoms with Crippen LogP contribution in [0.5, 0.6) is 0 Å². The highest BCUT2D eigenvalue weighted by molar-refractivity contribution is 7.54. The van der Waals surface area contributed by atoms with Gasteiger partial charge >= 0.3 is 0 Å². The lowest BCUT2D eigenvalue weighted by Crippen LogP contribution is -2.00. The van der Waals surface area contributed by atoms with Crippen molar-refractivity contribution in [1.82, 2.24) is 0 Å². The molecule has 3 heteroatoms. The van der Waals surface area contributed by atoms with Crippen LogP contribution in [0.2, 0.25) is 0 Å². The van der Waals surface area contributed by atoms with Crippen molar-refractivity contribution in [3.63, 3.8) is 0 Å². The molecule has 0 aliphatic rings. The lowest BCUT2D eigenvalue weighted by molar-refractivity contribution is 0.400. The number of hydrogen-bond acceptors (Lipinski definition) is 2. The number of rotatable bonds is 2. The van der Waals surface area contributed by atoms with Crippen molar-refractivity contribution in [3.05, 3.63) is 29.8 Å². The van der Waals surface area contributed by atoms with Crippen LogP contribution in [0.1, 0.15) is 5.56 Å². The number of aryl methyl sites for hydroxylation is 1. The lowest BCUT2D eigenvalue weighted by Gasteiger charge is -2.06. The Morgan fingerprint density at radius 2 is 1.82 bits per heavy atom. The van der Waals surface area contributed by atoms with Crippen LogP contribution in [0.15, 0.2) is 24.3 Å². The van der Waals surface area contributed by atoms with Gasteiger partial charge in [0.05, 0.1) is 0 Å². The summed E-state index contributed by atoms with van der Waals surface area (Å²) in [5.74, 6) is 0.